The molecule has 0 aromatic rings. The molecule has 0 atom stereocenters. The Hall–Kier alpha value is -0.0197. The number of allylic oxidation sites excluding steroid dienone is 4. The Morgan fingerprint density at radius 1 is 1.14 bits per heavy atom. The minimum absolute atomic E-state index is 0.108. The van der Waals surface area contributed by atoms with Crippen LogP contribution in [0, 0.1) is 0 Å². The molecule has 0 aromatic carbocycles. The topological polar surface area (TPSA) is 15.6 Å². The van der Waals surface area contributed by atoms with E-state index < -0.39 is 18.5 Å². The van der Waals surface area contributed by atoms with Gasteiger partial charge in [-0.25, -0.2) is 0 Å². The molecule has 79 valence electrons. The summed E-state index contributed by atoms with van der Waals surface area (Å²) < 4.78 is 7.97. The molecule has 0 spiro atoms. The molecule has 0 saturated heterocycles. The summed E-state index contributed by atoms with van der Waals surface area (Å²) in [5.41, 5.74) is 0.108. The Labute approximate surface area is 94.0 Å². The number of nitrogens with zero attached hydrogens (tertiary/aromatic N) is 2. The van der Waals surface area contributed by atoms with Crippen molar-refractivity contribution in [1.82, 2.24) is 3.30 Å². The molecule has 1 rings (SSSR count). The molecule has 0 aliphatic heterocycles. The standard InChI is InChI=1S/C5H5.C4H9N.C2H6N.Nb/c1-2-4-5-3-1;1-4(2,3)5;1-3-2;/h1-5H;1-3H3;1-2H3;/q;;-1;+1. The second-order valence-corrected chi connectivity index (χ2v) is 10.2. The van der Waals surface area contributed by atoms with Gasteiger partial charge in [-0.05, 0) is 0 Å². The maximum absolute atomic E-state index is 5.00. The summed E-state index contributed by atoms with van der Waals surface area (Å²) in [6.45, 7) is 6.57. The third-order valence-corrected chi connectivity index (χ3v) is 7.96. The first kappa shape index (κ1) is 12.1. The average molecular weight is 273 g/mol. The summed E-state index contributed by atoms with van der Waals surface area (Å²) in [7, 11) is 4.33. The van der Waals surface area contributed by atoms with Crippen LogP contribution in [0.5, 0.6) is 0 Å². The number of rotatable bonds is 2. The van der Waals surface area contributed by atoms with Crippen LogP contribution in [0.15, 0.2) is 27.6 Å². The van der Waals surface area contributed by atoms with Gasteiger partial charge in [0.1, 0.15) is 0 Å². The first-order valence-corrected chi connectivity index (χ1v) is 8.18. The third kappa shape index (κ3) is 3.62. The second-order valence-electron chi connectivity index (χ2n) is 4.70. The van der Waals surface area contributed by atoms with Crippen LogP contribution < -0.4 is 0 Å². The van der Waals surface area contributed by atoms with Gasteiger partial charge in [-0.1, -0.05) is 0 Å². The summed E-state index contributed by atoms with van der Waals surface area (Å²) in [6, 6.07) is 0. The summed E-state index contributed by atoms with van der Waals surface area (Å²) in [5.74, 6) is 0. The molecule has 0 aromatic heterocycles. The van der Waals surface area contributed by atoms with Crippen LogP contribution in [0.4, 0.5) is 0 Å². The van der Waals surface area contributed by atoms with Gasteiger partial charge in [-0.3, -0.25) is 0 Å². The Bertz CT molecular complexity index is 270. The zero-order chi connectivity index (χ0) is 10.8. The molecule has 0 N–H and O–H groups in total. The molecule has 0 saturated carbocycles. The quantitative estimate of drug-likeness (QED) is 0.706. The van der Waals surface area contributed by atoms with Crippen LogP contribution in [0.25, 0.3) is 0 Å². The van der Waals surface area contributed by atoms with Crippen molar-refractivity contribution in [1.29, 1.82) is 0 Å². The van der Waals surface area contributed by atoms with Crippen LogP contribution in [0.3, 0.4) is 0 Å². The molecule has 3 heteroatoms. The van der Waals surface area contributed by atoms with Crippen molar-refractivity contribution in [3.05, 3.63) is 24.3 Å². The molecule has 2 nitrogen and oxygen atoms in total. The van der Waals surface area contributed by atoms with Gasteiger partial charge in [0.15, 0.2) is 0 Å². The van der Waals surface area contributed by atoms with Gasteiger partial charge in [-0.15, -0.1) is 0 Å². The van der Waals surface area contributed by atoms with Crippen molar-refractivity contribution >= 4 is 0 Å². The molecule has 0 bridgehead atoms. The van der Waals surface area contributed by atoms with Crippen LogP contribution in [0.2, 0.25) is 4.14 Å². The molecular weight excluding hydrogens is 253 g/mol. The molecule has 1 aliphatic rings. The van der Waals surface area contributed by atoms with Crippen molar-refractivity contribution in [3.63, 3.8) is 0 Å². The fourth-order valence-corrected chi connectivity index (χ4v) is 6.14. The van der Waals surface area contributed by atoms with Gasteiger partial charge in [0.05, 0.1) is 0 Å². The third-order valence-electron chi connectivity index (χ3n) is 1.81. The predicted molar refractivity (Wildman–Crippen MR) is 57.9 cm³/mol. The zero-order valence-electron chi connectivity index (χ0n) is 9.73. The maximum atomic E-state index is 5.00. The van der Waals surface area contributed by atoms with Crippen LogP contribution in [0.1, 0.15) is 20.8 Å². The zero-order valence-corrected chi connectivity index (χ0v) is 11.9. The SMILES string of the molecule is C[N](C)[Nb](=[N]C(C)(C)C)[CH]1C=CC=C1. The molecular formula is C11H20N2Nb. The second kappa shape index (κ2) is 4.67. The Kier molecular flexibility index (Phi) is 4.02. The number of hydrogen-bond donors (Lipinski definition) is 0. The molecule has 0 heterocycles. The fraction of sp³-hybridized carbons (Fsp3) is 0.636. The molecule has 0 unspecified atom stereocenters. The monoisotopic (exact) mass is 273 g/mol. The molecule has 14 heavy (non-hydrogen) atoms. The van der Waals surface area contributed by atoms with Gasteiger partial charge >= 0.3 is 94.0 Å². The summed E-state index contributed by atoms with van der Waals surface area (Å²) in [5, 5.41) is 0. The van der Waals surface area contributed by atoms with E-state index in [-0.39, 0.29) is 5.54 Å². The molecule has 0 fully saturated rings. The minimum atomic E-state index is -1.67. The van der Waals surface area contributed by atoms with E-state index in [1.54, 1.807) is 0 Å². The van der Waals surface area contributed by atoms with Crippen LogP contribution >= 0.6 is 0 Å². The van der Waals surface area contributed by atoms with E-state index in [2.05, 4.69) is 62.5 Å². The summed E-state index contributed by atoms with van der Waals surface area (Å²) in [4.78, 5) is 0. The van der Waals surface area contributed by atoms with Crippen LogP contribution in [-0.4, -0.2) is 22.9 Å². The number of hydrogen-bond acceptors (Lipinski definition) is 1. The Balaban J connectivity index is 2.90. The predicted octanol–water partition coefficient (Wildman–Crippen LogP) is 2.98. The Morgan fingerprint density at radius 3 is 2.00 bits per heavy atom. The van der Waals surface area contributed by atoms with E-state index in [9.17, 15) is 0 Å². The molecule has 1 aliphatic carbocycles. The first-order valence-electron chi connectivity index (χ1n) is 4.94. The van der Waals surface area contributed by atoms with Gasteiger partial charge in [0, 0.05) is 0 Å². The molecule has 0 radical (unpaired) electrons. The summed E-state index contributed by atoms with van der Waals surface area (Å²) >= 11 is -1.67. The van der Waals surface area contributed by atoms with Gasteiger partial charge in [0.25, 0.3) is 0 Å². The van der Waals surface area contributed by atoms with Gasteiger partial charge in [0.2, 0.25) is 0 Å². The first-order chi connectivity index (χ1) is 6.40. The van der Waals surface area contributed by atoms with E-state index in [0.29, 0.717) is 4.14 Å². The molecule has 0 amide bonds. The van der Waals surface area contributed by atoms with Crippen molar-refractivity contribution in [2.75, 3.05) is 14.1 Å². The van der Waals surface area contributed by atoms with E-state index >= 15 is 0 Å². The van der Waals surface area contributed by atoms with E-state index in [0.717, 1.165) is 0 Å². The van der Waals surface area contributed by atoms with E-state index in [4.69, 9.17) is 3.34 Å². The average Bonchev–Trinajstić information content (AvgIpc) is 2.49. The van der Waals surface area contributed by atoms with E-state index in [1.165, 1.54) is 0 Å². The summed E-state index contributed by atoms with van der Waals surface area (Å²) in [6.07, 6.45) is 8.86. The van der Waals surface area contributed by atoms with Crippen molar-refractivity contribution in [2.24, 2.45) is 3.34 Å². The van der Waals surface area contributed by atoms with E-state index in [1.807, 2.05) is 0 Å². The van der Waals surface area contributed by atoms with Crippen molar-refractivity contribution < 1.29 is 18.5 Å². The fourth-order valence-electron chi connectivity index (χ4n) is 1.30. The van der Waals surface area contributed by atoms with Crippen LogP contribution in [-0.2, 0) is 18.5 Å². The normalized spacial score (nSPS) is 18.6. The van der Waals surface area contributed by atoms with Crippen molar-refractivity contribution in [3.8, 4) is 0 Å². The van der Waals surface area contributed by atoms with Gasteiger partial charge < -0.3 is 0 Å². The van der Waals surface area contributed by atoms with Gasteiger partial charge in [-0.2, -0.15) is 0 Å². The Morgan fingerprint density at radius 2 is 1.64 bits per heavy atom. The van der Waals surface area contributed by atoms with Crippen molar-refractivity contribution in [2.45, 2.75) is 30.4 Å².